The smallest absolute Gasteiger partial charge is 0.302 e. The molecule has 1 amide bonds. The fourth-order valence-electron chi connectivity index (χ4n) is 8.57. The van der Waals surface area contributed by atoms with E-state index >= 15 is 0 Å². The molecule has 2 saturated carbocycles. The van der Waals surface area contributed by atoms with Gasteiger partial charge in [-0.2, -0.15) is 0 Å². The quantitative estimate of drug-likeness (QED) is 0.461. The lowest BCUT2D eigenvalue weighted by Gasteiger charge is -2.52. The van der Waals surface area contributed by atoms with E-state index in [1.54, 1.807) is 0 Å². The molecule has 6 rings (SSSR count). The van der Waals surface area contributed by atoms with Crippen LogP contribution in [0.1, 0.15) is 32.3 Å². The van der Waals surface area contributed by atoms with Gasteiger partial charge >= 0.3 is 5.97 Å². The largest absolute Gasteiger partial charge is 0.465 e. The maximum absolute atomic E-state index is 12.6. The van der Waals surface area contributed by atoms with Crippen molar-refractivity contribution >= 4 is 18.1 Å². The standard InChI is InChI=1S/C23H26N2O3/c1-15-21-8-5-10-24-11-9-22(20(21)24)18-6-3-4-7-19(18)25(14-26)23(15,22)17(12-21)13-28-16(2)27/h3-8,14-15,17,20H,9-13H2,1-2H3/t15-,17+,20+,21+,22-,23-/m1/s1. The van der Waals surface area contributed by atoms with Crippen molar-refractivity contribution in [1.82, 2.24) is 4.90 Å². The summed E-state index contributed by atoms with van der Waals surface area (Å²) in [6, 6.07) is 8.90. The topological polar surface area (TPSA) is 49.9 Å². The van der Waals surface area contributed by atoms with Gasteiger partial charge < -0.3 is 9.64 Å². The van der Waals surface area contributed by atoms with Crippen LogP contribution in [0, 0.1) is 17.3 Å². The van der Waals surface area contributed by atoms with E-state index in [2.05, 4.69) is 42.2 Å². The van der Waals surface area contributed by atoms with Gasteiger partial charge in [-0.1, -0.05) is 37.3 Å². The average molecular weight is 378 g/mol. The number of amides is 1. The zero-order valence-electron chi connectivity index (χ0n) is 16.4. The first kappa shape index (κ1) is 16.8. The van der Waals surface area contributed by atoms with Crippen LogP contribution in [0.5, 0.6) is 0 Å². The highest BCUT2D eigenvalue weighted by Crippen LogP contribution is 2.80. The summed E-state index contributed by atoms with van der Waals surface area (Å²) in [5, 5.41) is 0. The van der Waals surface area contributed by atoms with Gasteiger partial charge in [0.25, 0.3) is 0 Å². The summed E-state index contributed by atoms with van der Waals surface area (Å²) in [6.07, 6.45) is 7.85. The van der Waals surface area contributed by atoms with E-state index in [9.17, 15) is 9.59 Å². The summed E-state index contributed by atoms with van der Waals surface area (Å²) in [7, 11) is 0. The molecule has 3 heterocycles. The molecule has 0 aromatic heterocycles. The highest BCUT2D eigenvalue weighted by Gasteiger charge is 2.86. The Morgan fingerprint density at radius 1 is 1.36 bits per heavy atom. The first-order chi connectivity index (χ1) is 13.5. The molecule has 5 aliphatic rings. The van der Waals surface area contributed by atoms with Gasteiger partial charge in [0.05, 0.1) is 12.1 Å². The van der Waals surface area contributed by atoms with Crippen LogP contribution in [-0.2, 0) is 19.7 Å². The number of fused-ring (bicyclic) bond motifs is 1. The van der Waals surface area contributed by atoms with Gasteiger partial charge in [0.2, 0.25) is 6.41 Å². The van der Waals surface area contributed by atoms with Gasteiger partial charge in [-0.05, 0) is 36.9 Å². The Kier molecular flexibility index (Phi) is 3.04. The van der Waals surface area contributed by atoms with Crippen molar-refractivity contribution in [1.29, 1.82) is 0 Å². The highest BCUT2D eigenvalue weighted by atomic mass is 16.5. The van der Waals surface area contributed by atoms with Gasteiger partial charge in [0, 0.05) is 41.9 Å². The second-order valence-corrected chi connectivity index (χ2v) is 9.38. The van der Waals surface area contributed by atoms with Gasteiger partial charge in [-0.3, -0.25) is 14.5 Å². The molecule has 1 aromatic carbocycles. The van der Waals surface area contributed by atoms with Crippen molar-refractivity contribution in [3.05, 3.63) is 42.0 Å². The van der Waals surface area contributed by atoms with Crippen LogP contribution in [-0.4, -0.2) is 48.6 Å². The van der Waals surface area contributed by atoms with Crippen molar-refractivity contribution in [3.8, 4) is 0 Å². The van der Waals surface area contributed by atoms with Crippen LogP contribution in [0.4, 0.5) is 5.69 Å². The van der Waals surface area contributed by atoms with Gasteiger partial charge in [0.15, 0.2) is 0 Å². The van der Waals surface area contributed by atoms with Crippen molar-refractivity contribution in [2.75, 3.05) is 24.6 Å². The lowest BCUT2D eigenvalue weighted by molar-refractivity contribution is -0.143. The minimum absolute atomic E-state index is 0.0361. The van der Waals surface area contributed by atoms with Crippen molar-refractivity contribution in [2.24, 2.45) is 17.3 Å². The summed E-state index contributed by atoms with van der Waals surface area (Å²) in [4.78, 5) is 28.9. The highest BCUT2D eigenvalue weighted by molar-refractivity contribution is 5.88. The second kappa shape index (κ2) is 5.07. The molecule has 6 atom stereocenters. The number of esters is 1. The molecule has 5 heteroatoms. The maximum Gasteiger partial charge on any atom is 0.302 e. The fraction of sp³-hybridized carbons (Fsp3) is 0.565. The van der Waals surface area contributed by atoms with E-state index in [4.69, 9.17) is 4.74 Å². The molecule has 5 nitrogen and oxygen atoms in total. The predicted octanol–water partition coefficient (Wildman–Crippen LogP) is 2.50. The summed E-state index contributed by atoms with van der Waals surface area (Å²) in [5.74, 6) is 0.209. The summed E-state index contributed by atoms with van der Waals surface area (Å²) < 4.78 is 5.58. The minimum Gasteiger partial charge on any atom is -0.465 e. The lowest BCUT2D eigenvalue weighted by atomic mass is 9.57. The molecule has 146 valence electrons. The Hall–Kier alpha value is -2.14. The van der Waals surface area contributed by atoms with Crippen LogP contribution in [0.2, 0.25) is 0 Å². The van der Waals surface area contributed by atoms with E-state index in [0.29, 0.717) is 18.6 Å². The van der Waals surface area contributed by atoms with Gasteiger partial charge in [-0.25, -0.2) is 0 Å². The fourth-order valence-corrected chi connectivity index (χ4v) is 8.57. The molecular formula is C23H26N2O3. The number of para-hydroxylation sites is 1. The summed E-state index contributed by atoms with van der Waals surface area (Å²) >= 11 is 0. The van der Waals surface area contributed by atoms with E-state index in [1.807, 2.05) is 11.0 Å². The Bertz CT molecular complexity index is 928. The summed E-state index contributed by atoms with van der Waals surface area (Å²) in [6.45, 7) is 6.26. The van der Waals surface area contributed by atoms with E-state index < -0.39 is 0 Å². The normalized spacial score (nSPS) is 44.4. The molecule has 1 saturated heterocycles. The molecule has 0 radical (unpaired) electrons. The molecule has 3 aliphatic heterocycles. The maximum atomic E-state index is 12.6. The molecule has 3 fully saturated rings. The van der Waals surface area contributed by atoms with Crippen LogP contribution in [0.15, 0.2) is 36.4 Å². The third-order valence-corrected chi connectivity index (χ3v) is 8.94. The molecule has 28 heavy (non-hydrogen) atoms. The first-order valence-electron chi connectivity index (χ1n) is 10.4. The molecule has 2 bridgehead atoms. The predicted molar refractivity (Wildman–Crippen MR) is 105 cm³/mol. The second-order valence-electron chi connectivity index (χ2n) is 9.38. The number of nitrogens with zero attached hydrogens (tertiary/aromatic N) is 2. The molecule has 0 N–H and O–H groups in total. The van der Waals surface area contributed by atoms with Crippen molar-refractivity contribution in [3.63, 3.8) is 0 Å². The number of carbonyl (C=O) groups excluding carboxylic acids is 2. The number of benzene rings is 1. The Labute approximate surface area is 165 Å². The number of hydrogen-bond acceptors (Lipinski definition) is 4. The monoisotopic (exact) mass is 378 g/mol. The Balaban J connectivity index is 1.65. The van der Waals surface area contributed by atoms with E-state index in [-0.39, 0.29) is 28.3 Å². The third-order valence-electron chi connectivity index (χ3n) is 8.94. The average Bonchev–Trinajstić information content (AvgIpc) is 3.34. The molecular weight excluding hydrogens is 352 g/mol. The van der Waals surface area contributed by atoms with Crippen LogP contribution in [0.3, 0.4) is 0 Å². The molecule has 0 unspecified atom stereocenters. The molecule has 2 aliphatic carbocycles. The van der Waals surface area contributed by atoms with Gasteiger partial charge in [0.1, 0.15) is 0 Å². The zero-order valence-corrected chi connectivity index (χ0v) is 16.4. The Morgan fingerprint density at radius 2 is 2.18 bits per heavy atom. The first-order valence-corrected chi connectivity index (χ1v) is 10.4. The molecule has 3 spiro atoms. The zero-order chi connectivity index (χ0) is 19.3. The minimum atomic E-state index is -0.331. The molecule has 1 aromatic rings. The Morgan fingerprint density at radius 3 is 2.96 bits per heavy atom. The lowest BCUT2D eigenvalue weighted by Crippen LogP contribution is -2.65. The van der Waals surface area contributed by atoms with Gasteiger partial charge in [-0.15, -0.1) is 0 Å². The number of carbonyl (C=O) groups is 2. The van der Waals surface area contributed by atoms with Crippen LogP contribution in [0.25, 0.3) is 0 Å². The number of ether oxygens (including phenoxy) is 1. The van der Waals surface area contributed by atoms with Crippen LogP contribution < -0.4 is 4.90 Å². The SMILES string of the molecule is CC(=O)OC[C@@H]1C[C@@]23C=CCN4CC[C@@]5(c6ccccc6N(C=O)[C@]15[C@@H]2C)[C@@H]43. The van der Waals surface area contributed by atoms with E-state index in [1.165, 1.54) is 12.5 Å². The number of rotatable bonds is 3. The van der Waals surface area contributed by atoms with E-state index in [0.717, 1.165) is 38.0 Å². The van der Waals surface area contributed by atoms with Crippen LogP contribution >= 0.6 is 0 Å². The van der Waals surface area contributed by atoms with Crippen molar-refractivity contribution < 1.29 is 14.3 Å². The number of hydrogen-bond donors (Lipinski definition) is 0. The van der Waals surface area contributed by atoms with Crippen molar-refractivity contribution in [2.45, 2.75) is 43.7 Å². The number of anilines is 1. The third kappa shape index (κ3) is 1.45. The summed E-state index contributed by atoms with van der Waals surface area (Å²) in [5.41, 5.74) is 2.00.